The van der Waals surface area contributed by atoms with Gasteiger partial charge in [-0.2, -0.15) is 0 Å². The minimum absolute atomic E-state index is 0.220. The Morgan fingerprint density at radius 3 is 2.67 bits per heavy atom. The lowest BCUT2D eigenvalue weighted by atomic mass is 9.98. The summed E-state index contributed by atoms with van der Waals surface area (Å²) in [6, 6.07) is -0.723. The van der Waals surface area contributed by atoms with Crippen molar-refractivity contribution >= 4 is 12.0 Å². The minimum Gasteiger partial charge on any atom is -0.480 e. The molecule has 1 unspecified atom stereocenters. The van der Waals surface area contributed by atoms with E-state index in [2.05, 4.69) is 12.2 Å². The normalized spacial score (nSPS) is 21.4. The van der Waals surface area contributed by atoms with Crippen molar-refractivity contribution < 1.29 is 14.7 Å². The van der Waals surface area contributed by atoms with E-state index in [0.717, 1.165) is 38.6 Å². The molecule has 2 atom stereocenters. The fraction of sp³-hybridized carbons (Fsp3) is 0.846. The van der Waals surface area contributed by atoms with Crippen LogP contribution in [0.4, 0.5) is 4.79 Å². The predicted molar refractivity (Wildman–Crippen MR) is 69.5 cm³/mol. The average Bonchev–Trinajstić information content (AvgIpc) is 2.36. The van der Waals surface area contributed by atoms with Gasteiger partial charge in [0.1, 0.15) is 6.04 Å². The van der Waals surface area contributed by atoms with Crippen molar-refractivity contribution in [1.29, 1.82) is 0 Å². The Kier molecular flexibility index (Phi) is 5.95. The van der Waals surface area contributed by atoms with Gasteiger partial charge in [-0.25, -0.2) is 9.59 Å². The summed E-state index contributed by atoms with van der Waals surface area (Å²) in [6.07, 6.45) is 5.66. The SMILES string of the molecule is CCCC1CCCCN1C(=O)N[C@@H](CC)C(=O)O. The number of hydrogen-bond donors (Lipinski definition) is 2. The summed E-state index contributed by atoms with van der Waals surface area (Å²) in [5, 5.41) is 11.6. The molecule has 2 N–H and O–H groups in total. The van der Waals surface area contributed by atoms with E-state index in [-0.39, 0.29) is 12.1 Å². The molecule has 1 heterocycles. The molecule has 0 aromatic rings. The van der Waals surface area contributed by atoms with Crippen LogP contribution >= 0.6 is 0 Å². The Bertz CT molecular complexity index is 292. The van der Waals surface area contributed by atoms with E-state index < -0.39 is 12.0 Å². The Hall–Kier alpha value is -1.26. The van der Waals surface area contributed by atoms with E-state index in [4.69, 9.17) is 5.11 Å². The Morgan fingerprint density at radius 1 is 1.39 bits per heavy atom. The highest BCUT2D eigenvalue weighted by Gasteiger charge is 2.28. The Balaban J connectivity index is 2.59. The summed E-state index contributed by atoms with van der Waals surface area (Å²) < 4.78 is 0. The molecule has 0 bridgehead atoms. The maximum atomic E-state index is 12.1. The van der Waals surface area contributed by atoms with Crippen LogP contribution in [0.5, 0.6) is 0 Å². The summed E-state index contributed by atoms with van der Waals surface area (Å²) >= 11 is 0. The zero-order chi connectivity index (χ0) is 13.5. The van der Waals surface area contributed by atoms with Crippen LogP contribution in [-0.2, 0) is 4.79 Å². The number of carboxylic acids is 1. The molecule has 1 fully saturated rings. The van der Waals surface area contributed by atoms with Gasteiger partial charge in [0.05, 0.1) is 0 Å². The molecule has 5 nitrogen and oxygen atoms in total. The maximum absolute atomic E-state index is 12.1. The van der Waals surface area contributed by atoms with Crippen molar-refractivity contribution in [3.63, 3.8) is 0 Å². The smallest absolute Gasteiger partial charge is 0.326 e. The average molecular weight is 256 g/mol. The van der Waals surface area contributed by atoms with Crippen molar-refractivity contribution in [2.45, 2.75) is 64.5 Å². The van der Waals surface area contributed by atoms with Crippen molar-refractivity contribution in [2.24, 2.45) is 0 Å². The van der Waals surface area contributed by atoms with Crippen LogP contribution in [0, 0.1) is 0 Å². The molecule has 2 amide bonds. The third-order valence-electron chi connectivity index (χ3n) is 3.51. The molecular weight excluding hydrogens is 232 g/mol. The van der Waals surface area contributed by atoms with Gasteiger partial charge in [0.2, 0.25) is 0 Å². The van der Waals surface area contributed by atoms with Crippen molar-refractivity contribution in [3.05, 3.63) is 0 Å². The van der Waals surface area contributed by atoms with Crippen molar-refractivity contribution in [2.75, 3.05) is 6.54 Å². The summed E-state index contributed by atoms with van der Waals surface area (Å²) in [6.45, 7) is 4.61. The van der Waals surface area contributed by atoms with Crippen LogP contribution in [0.3, 0.4) is 0 Å². The highest BCUT2D eigenvalue weighted by Crippen LogP contribution is 2.20. The van der Waals surface area contributed by atoms with E-state index in [1.165, 1.54) is 0 Å². The number of urea groups is 1. The molecule has 0 aromatic carbocycles. The summed E-state index contributed by atoms with van der Waals surface area (Å²) in [4.78, 5) is 24.8. The predicted octanol–water partition coefficient (Wildman–Crippen LogP) is 2.21. The van der Waals surface area contributed by atoms with Crippen LogP contribution in [-0.4, -0.2) is 40.6 Å². The van der Waals surface area contributed by atoms with Gasteiger partial charge in [0, 0.05) is 12.6 Å². The van der Waals surface area contributed by atoms with Crippen molar-refractivity contribution in [1.82, 2.24) is 10.2 Å². The second-order valence-corrected chi connectivity index (χ2v) is 4.88. The largest absolute Gasteiger partial charge is 0.480 e. The lowest BCUT2D eigenvalue weighted by Gasteiger charge is -2.36. The van der Waals surface area contributed by atoms with Crippen LogP contribution in [0.25, 0.3) is 0 Å². The van der Waals surface area contributed by atoms with E-state index >= 15 is 0 Å². The number of hydrogen-bond acceptors (Lipinski definition) is 2. The number of nitrogens with one attached hydrogen (secondary N) is 1. The molecule has 1 aliphatic rings. The summed E-state index contributed by atoms with van der Waals surface area (Å²) in [5.41, 5.74) is 0. The second kappa shape index (κ2) is 7.24. The molecule has 5 heteroatoms. The van der Waals surface area contributed by atoms with Gasteiger partial charge < -0.3 is 15.3 Å². The van der Waals surface area contributed by atoms with Crippen molar-refractivity contribution in [3.8, 4) is 0 Å². The summed E-state index contributed by atoms with van der Waals surface area (Å²) in [5.74, 6) is -0.963. The zero-order valence-electron chi connectivity index (χ0n) is 11.3. The first-order chi connectivity index (χ1) is 8.60. The third-order valence-corrected chi connectivity index (χ3v) is 3.51. The highest BCUT2D eigenvalue weighted by atomic mass is 16.4. The molecule has 1 aliphatic heterocycles. The number of carboxylic acid groups (broad SMARTS) is 1. The molecule has 0 aliphatic carbocycles. The first kappa shape index (κ1) is 14.8. The molecule has 0 saturated carbocycles. The van der Waals surface area contributed by atoms with Crippen LogP contribution in [0.1, 0.15) is 52.4 Å². The first-order valence-electron chi connectivity index (χ1n) is 6.90. The number of rotatable bonds is 5. The fourth-order valence-corrected chi connectivity index (χ4v) is 2.47. The lowest BCUT2D eigenvalue weighted by molar-refractivity contribution is -0.139. The van der Waals surface area contributed by atoms with E-state index in [1.807, 2.05) is 4.90 Å². The van der Waals surface area contributed by atoms with E-state index in [1.54, 1.807) is 6.92 Å². The van der Waals surface area contributed by atoms with Gasteiger partial charge in [0.25, 0.3) is 0 Å². The van der Waals surface area contributed by atoms with Crippen LogP contribution in [0.15, 0.2) is 0 Å². The monoisotopic (exact) mass is 256 g/mol. The lowest BCUT2D eigenvalue weighted by Crippen LogP contribution is -2.52. The first-order valence-corrected chi connectivity index (χ1v) is 6.90. The summed E-state index contributed by atoms with van der Waals surface area (Å²) in [7, 11) is 0. The Morgan fingerprint density at radius 2 is 2.11 bits per heavy atom. The van der Waals surface area contributed by atoms with Gasteiger partial charge in [-0.15, -0.1) is 0 Å². The number of piperidine rings is 1. The van der Waals surface area contributed by atoms with Gasteiger partial charge in [-0.3, -0.25) is 0 Å². The van der Waals surface area contributed by atoms with Gasteiger partial charge >= 0.3 is 12.0 Å². The van der Waals surface area contributed by atoms with Gasteiger partial charge in [-0.05, 0) is 32.1 Å². The molecule has 0 spiro atoms. The Labute approximate surface area is 109 Å². The minimum atomic E-state index is -0.963. The fourth-order valence-electron chi connectivity index (χ4n) is 2.47. The van der Waals surface area contributed by atoms with Gasteiger partial charge in [0.15, 0.2) is 0 Å². The van der Waals surface area contributed by atoms with Gasteiger partial charge in [-0.1, -0.05) is 20.3 Å². The molecule has 104 valence electrons. The number of likely N-dealkylation sites (tertiary alicyclic amines) is 1. The maximum Gasteiger partial charge on any atom is 0.326 e. The molecule has 0 aromatic heterocycles. The third kappa shape index (κ3) is 3.89. The molecule has 1 saturated heterocycles. The molecule has 18 heavy (non-hydrogen) atoms. The van der Waals surface area contributed by atoms with Crippen LogP contribution < -0.4 is 5.32 Å². The highest BCUT2D eigenvalue weighted by molar-refractivity contribution is 5.82. The van der Waals surface area contributed by atoms with E-state index in [0.29, 0.717) is 6.42 Å². The van der Waals surface area contributed by atoms with Crippen LogP contribution in [0.2, 0.25) is 0 Å². The topological polar surface area (TPSA) is 69.6 Å². The number of carbonyl (C=O) groups is 2. The van der Waals surface area contributed by atoms with E-state index in [9.17, 15) is 9.59 Å². The quantitative estimate of drug-likeness (QED) is 0.792. The second-order valence-electron chi connectivity index (χ2n) is 4.88. The zero-order valence-corrected chi connectivity index (χ0v) is 11.3. The molecule has 1 rings (SSSR count). The molecule has 0 radical (unpaired) electrons. The standard InChI is InChI=1S/C13H24N2O3/c1-3-7-10-8-5-6-9-15(10)13(18)14-11(4-2)12(16)17/h10-11H,3-9H2,1-2H3,(H,14,18)(H,16,17)/t10?,11-/m0/s1. The number of carbonyl (C=O) groups excluding carboxylic acids is 1. The number of nitrogens with zero attached hydrogens (tertiary/aromatic N) is 1. The molecular formula is C13H24N2O3. The number of aliphatic carboxylic acids is 1. The number of amides is 2.